The van der Waals surface area contributed by atoms with Gasteiger partial charge in [-0.05, 0) is 35.7 Å². The van der Waals surface area contributed by atoms with Crippen molar-refractivity contribution >= 4 is 17.3 Å². The Labute approximate surface area is 130 Å². The molecule has 0 radical (unpaired) electrons. The van der Waals surface area contributed by atoms with Gasteiger partial charge in [0.1, 0.15) is 0 Å². The second kappa shape index (κ2) is 5.36. The van der Waals surface area contributed by atoms with Crippen LogP contribution in [0.4, 0.5) is 5.69 Å². The Kier molecular flexibility index (Phi) is 3.36. The highest BCUT2D eigenvalue weighted by Crippen LogP contribution is 2.41. The molecule has 0 aliphatic carbocycles. The Morgan fingerprint density at radius 3 is 2.86 bits per heavy atom. The summed E-state index contributed by atoms with van der Waals surface area (Å²) < 4.78 is 0. The fourth-order valence-corrected chi connectivity index (χ4v) is 3.84. The predicted molar refractivity (Wildman–Crippen MR) is 87.9 cm³/mol. The maximum atomic E-state index is 6.18. The van der Waals surface area contributed by atoms with Crippen LogP contribution in [0, 0.1) is 0 Å². The third-order valence-electron chi connectivity index (χ3n) is 4.70. The van der Waals surface area contributed by atoms with Gasteiger partial charge in [-0.3, -0.25) is 4.90 Å². The molecular weight excluding hydrogens is 280 g/mol. The van der Waals surface area contributed by atoms with E-state index in [-0.39, 0.29) is 0 Å². The Hall–Kier alpha value is -1.51. The van der Waals surface area contributed by atoms with Crippen LogP contribution in [0.25, 0.3) is 0 Å². The molecule has 108 valence electrons. The quantitative estimate of drug-likeness (QED) is 0.897. The Morgan fingerprint density at radius 1 is 1.14 bits per heavy atom. The molecule has 1 N–H and O–H groups in total. The van der Waals surface area contributed by atoms with Crippen molar-refractivity contribution in [1.82, 2.24) is 4.90 Å². The van der Waals surface area contributed by atoms with E-state index in [4.69, 9.17) is 11.6 Å². The number of likely N-dealkylation sites (tertiary alicyclic amines) is 1. The van der Waals surface area contributed by atoms with Gasteiger partial charge in [0.05, 0.1) is 0 Å². The Balaban J connectivity index is 1.53. The van der Waals surface area contributed by atoms with Crippen molar-refractivity contribution in [3.63, 3.8) is 0 Å². The number of halogens is 1. The minimum absolute atomic E-state index is 0.566. The molecule has 3 heteroatoms. The van der Waals surface area contributed by atoms with Gasteiger partial charge in [0.15, 0.2) is 0 Å². The van der Waals surface area contributed by atoms with E-state index >= 15 is 0 Å². The lowest BCUT2D eigenvalue weighted by atomic mass is 9.89. The number of benzene rings is 2. The van der Waals surface area contributed by atoms with Gasteiger partial charge in [0.2, 0.25) is 0 Å². The lowest BCUT2D eigenvalue weighted by Gasteiger charge is -2.35. The molecule has 2 aromatic rings. The molecule has 2 aliphatic rings. The average molecular weight is 299 g/mol. The van der Waals surface area contributed by atoms with Crippen LogP contribution in [0.15, 0.2) is 48.5 Å². The van der Waals surface area contributed by atoms with Crippen molar-refractivity contribution in [1.29, 1.82) is 0 Å². The fourth-order valence-electron chi connectivity index (χ4n) is 3.66. The van der Waals surface area contributed by atoms with Crippen LogP contribution >= 0.6 is 11.6 Å². The van der Waals surface area contributed by atoms with E-state index in [2.05, 4.69) is 52.7 Å². The molecule has 0 aromatic heterocycles. The predicted octanol–water partition coefficient (Wildman–Crippen LogP) is 4.12. The summed E-state index contributed by atoms with van der Waals surface area (Å²) >= 11 is 6.18. The van der Waals surface area contributed by atoms with E-state index in [9.17, 15) is 0 Å². The van der Waals surface area contributed by atoms with Crippen LogP contribution in [0.3, 0.4) is 0 Å². The number of fused-ring (bicyclic) bond motifs is 3. The monoisotopic (exact) mass is 298 g/mol. The van der Waals surface area contributed by atoms with Gasteiger partial charge in [-0.15, -0.1) is 0 Å². The lowest BCUT2D eigenvalue weighted by molar-refractivity contribution is 0.194. The number of rotatable bonds is 2. The SMILES string of the molecule is Clc1ccc2c(c1)[C@H]1CN(Cc3ccccc3)CC[C@@H]1N2. The van der Waals surface area contributed by atoms with Crippen molar-refractivity contribution in [3.05, 3.63) is 64.7 Å². The third-order valence-corrected chi connectivity index (χ3v) is 4.94. The molecule has 0 saturated carbocycles. The third kappa shape index (κ3) is 2.54. The molecule has 4 rings (SSSR count). The molecule has 2 aliphatic heterocycles. The number of hydrogen-bond acceptors (Lipinski definition) is 2. The van der Waals surface area contributed by atoms with Gasteiger partial charge in [-0.25, -0.2) is 0 Å². The average Bonchev–Trinajstić information content (AvgIpc) is 2.86. The molecule has 0 bridgehead atoms. The van der Waals surface area contributed by atoms with Crippen molar-refractivity contribution in [3.8, 4) is 0 Å². The zero-order valence-electron chi connectivity index (χ0n) is 11.9. The van der Waals surface area contributed by atoms with Crippen molar-refractivity contribution in [2.24, 2.45) is 0 Å². The van der Waals surface area contributed by atoms with E-state index in [1.54, 1.807) is 0 Å². The summed E-state index contributed by atoms with van der Waals surface area (Å²) in [5.41, 5.74) is 4.06. The van der Waals surface area contributed by atoms with Crippen molar-refractivity contribution < 1.29 is 0 Å². The highest BCUT2D eigenvalue weighted by molar-refractivity contribution is 6.30. The summed E-state index contributed by atoms with van der Waals surface area (Å²) in [6.45, 7) is 3.31. The first-order valence-electron chi connectivity index (χ1n) is 7.62. The van der Waals surface area contributed by atoms with E-state index in [1.807, 2.05) is 6.07 Å². The number of hydrogen-bond donors (Lipinski definition) is 1. The lowest BCUT2D eigenvalue weighted by Crippen LogP contribution is -2.41. The summed E-state index contributed by atoms with van der Waals surface area (Å²) in [5, 5.41) is 4.51. The summed E-state index contributed by atoms with van der Waals surface area (Å²) in [5.74, 6) is 0.566. The maximum Gasteiger partial charge on any atom is 0.0410 e. The number of nitrogens with one attached hydrogen (secondary N) is 1. The molecule has 1 fully saturated rings. The minimum Gasteiger partial charge on any atom is -0.381 e. The molecule has 0 unspecified atom stereocenters. The van der Waals surface area contributed by atoms with E-state index < -0.39 is 0 Å². The van der Waals surface area contributed by atoms with Crippen molar-refractivity contribution in [2.45, 2.75) is 24.9 Å². The molecular formula is C18H19ClN2. The maximum absolute atomic E-state index is 6.18. The van der Waals surface area contributed by atoms with E-state index in [0.29, 0.717) is 12.0 Å². The second-order valence-corrected chi connectivity index (χ2v) is 6.53. The minimum atomic E-state index is 0.566. The highest BCUT2D eigenvalue weighted by Gasteiger charge is 2.36. The number of piperidine rings is 1. The van der Waals surface area contributed by atoms with Gasteiger partial charge < -0.3 is 5.32 Å². The molecule has 0 amide bonds. The first-order valence-corrected chi connectivity index (χ1v) is 8.00. The molecule has 2 nitrogen and oxygen atoms in total. The summed E-state index contributed by atoms with van der Waals surface area (Å²) in [7, 11) is 0. The van der Waals surface area contributed by atoms with Crippen LogP contribution in [0.2, 0.25) is 5.02 Å². The molecule has 2 atom stereocenters. The van der Waals surface area contributed by atoms with Crippen molar-refractivity contribution in [2.75, 3.05) is 18.4 Å². The van der Waals surface area contributed by atoms with Gasteiger partial charge in [0.25, 0.3) is 0 Å². The first kappa shape index (κ1) is 13.2. The summed E-state index contributed by atoms with van der Waals surface area (Å²) in [6, 6.07) is 17.6. The molecule has 0 spiro atoms. The molecule has 1 saturated heterocycles. The topological polar surface area (TPSA) is 15.3 Å². The molecule has 21 heavy (non-hydrogen) atoms. The smallest absolute Gasteiger partial charge is 0.0410 e. The first-order chi connectivity index (χ1) is 10.3. The van der Waals surface area contributed by atoms with E-state index in [0.717, 1.165) is 24.7 Å². The standard InChI is InChI=1S/C18H19ClN2/c19-14-6-7-17-15(10-14)16-12-21(9-8-18(16)20-17)11-13-4-2-1-3-5-13/h1-7,10,16,18,20H,8-9,11-12H2/t16-,18+/m1/s1. The summed E-state index contributed by atoms with van der Waals surface area (Å²) in [4.78, 5) is 2.56. The second-order valence-electron chi connectivity index (χ2n) is 6.10. The zero-order valence-corrected chi connectivity index (χ0v) is 12.7. The fraction of sp³-hybridized carbons (Fsp3) is 0.333. The highest BCUT2D eigenvalue weighted by atomic mass is 35.5. The molecule has 2 heterocycles. The Bertz CT molecular complexity index is 641. The largest absolute Gasteiger partial charge is 0.381 e. The zero-order chi connectivity index (χ0) is 14.2. The van der Waals surface area contributed by atoms with Crippen LogP contribution < -0.4 is 5.32 Å². The van der Waals surface area contributed by atoms with Crippen LogP contribution in [0.1, 0.15) is 23.5 Å². The van der Waals surface area contributed by atoms with Gasteiger partial charge in [-0.1, -0.05) is 41.9 Å². The number of nitrogens with zero attached hydrogens (tertiary/aromatic N) is 1. The van der Waals surface area contributed by atoms with Gasteiger partial charge in [0, 0.05) is 42.3 Å². The van der Waals surface area contributed by atoms with Crippen LogP contribution in [-0.4, -0.2) is 24.0 Å². The summed E-state index contributed by atoms with van der Waals surface area (Å²) in [6.07, 6.45) is 1.20. The normalized spacial score (nSPS) is 24.2. The molecule has 2 aromatic carbocycles. The number of anilines is 1. The van der Waals surface area contributed by atoms with E-state index in [1.165, 1.54) is 23.2 Å². The Morgan fingerprint density at radius 2 is 2.00 bits per heavy atom. The van der Waals surface area contributed by atoms with Crippen LogP contribution in [0.5, 0.6) is 0 Å². The van der Waals surface area contributed by atoms with Gasteiger partial charge in [-0.2, -0.15) is 0 Å². The van der Waals surface area contributed by atoms with Crippen LogP contribution in [-0.2, 0) is 6.54 Å². The van der Waals surface area contributed by atoms with Gasteiger partial charge >= 0.3 is 0 Å².